The number of hydrogen-bond donors (Lipinski definition) is 1. The van der Waals surface area contributed by atoms with Crippen molar-refractivity contribution in [2.45, 2.75) is 24.5 Å². The Bertz CT molecular complexity index is 1800. The molecule has 204 valence electrons. The van der Waals surface area contributed by atoms with E-state index in [1.54, 1.807) is 35.8 Å². The Morgan fingerprint density at radius 1 is 1.12 bits per heavy atom. The van der Waals surface area contributed by atoms with Crippen LogP contribution in [-0.2, 0) is 22.5 Å². The average molecular weight is 566 g/mol. The quantitative estimate of drug-likeness (QED) is 0.327. The summed E-state index contributed by atoms with van der Waals surface area (Å²) >= 11 is 0. The number of carbonyl (C=O) groups is 1. The zero-order valence-corrected chi connectivity index (χ0v) is 22.1. The molecular weight excluding hydrogens is 543 g/mol. The van der Waals surface area contributed by atoms with Crippen LogP contribution < -0.4 is 10.7 Å². The second kappa shape index (κ2) is 11.2. The van der Waals surface area contributed by atoms with E-state index in [1.165, 1.54) is 55.3 Å². The molecule has 0 aliphatic heterocycles. The lowest BCUT2D eigenvalue weighted by molar-refractivity contribution is -0.137. The van der Waals surface area contributed by atoms with Gasteiger partial charge in [-0.1, -0.05) is 24.3 Å². The Hall–Kier alpha value is -4.76. The maximum absolute atomic E-state index is 13.6. The first-order valence-corrected chi connectivity index (χ1v) is 13.7. The van der Waals surface area contributed by atoms with Crippen LogP contribution in [0.2, 0.25) is 0 Å². The fourth-order valence-corrected chi connectivity index (χ4v) is 5.00. The number of alkyl halides is 3. The number of carbonyl (C=O) groups excluding carboxylic acids is 1. The topological polar surface area (TPSA) is 117 Å². The Kier molecular flexibility index (Phi) is 7.88. The molecule has 2 aromatic heterocycles. The number of nitriles is 1. The van der Waals surface area contributed by atoms with E-state index in [0.29, 0.717) is 21.8 Å². The van der Waals surface area contributed by atoms with Crippen molar-refractivity contribution >= 4 is 15.6 Å². The lowest BCUT2D eigenvalue weighted by Crippen LogP contribution is -2.30. The summed E-state index contributed by atoms with van der Waals surface area (Å²) in [4.78, 5) is 31.1. The Labute approximate surface area is 227 Å². The predicted octanol–water partition coefficient (Wildman–Crippen LogP) is 5.09. The molecule has 40 heavy (non-hydrogen) atoms. The van der Waals surface area contributed by atoms with Gasteiger partial charge in [-0.2, -0.15) is 18.4 Å². The van der Waals surface area contributed by atoms with Crippen LogP contribution in [0.3, 0.4) is 0 Å². The Balaban J connectivity index is 1.75. The van der Waals surface area contributed by atoms with Crippen molar-refractivity contribution in [3.63, 3.8) is 0 Å². The summed E-state index contributed by atoms with van der Waals surface area (Å²) in [5.74, 6) is -0.733. The number of rotatable bonds is 6. The number of benzene rings is 2. The highest BCUT2D eigenvalue weighted by atomic mass is 32.2. The first-order valence-electron chi connectivity index (χ1n) is 11.7. The summed E-state index contributed by atoms with van der Waals surface area (Å²) in [5, 5.41) is 11.4. The molecule has 4 aromatic rings. The van der Waals surface area contributed by atoms with Crippen LogP contribution in [0.1, 0.15) is 27.2 Å². The van der Waals surface area contributed by atoms with E-state index >= 15 is 0 Å². The summed E-state index contributed by atoms with van der Waals surface area (Å²) in [5.41, 5.74) is -0.421. The van der Waals surface area contributed by atoms with Crippen molar-refractivity contribution in [2.75, 3.05) is 6.26 Å². The summed E-state index contributed by atoms with van der Waals surface area (Å²) in [7, 11) is -2.88. The average Bonchev–Trinajstić information content (AvgIpc) is 2.92. The molecule has 8 nitrogen and oxygen atoms in total. The van der Waals surface area contributed by atoms with Crippen LogP contribution in [0.4, 0.5) is 13.2 Å². The molecule has 2 heterocycles. The van der Waals surface area contributed by atoms with Gasteiger partial charge in [0.1, 0.15) is 5.56 Å². The third-order valence-electron chi connectivity index (χ3n) is 6.15. The van der Waals surface area contributed by atoms with Crippen molar-refractivity contribution in [3.05, 3.63) is 112 Å². The molecule has 12 heteroatoms. The van der Waals surface area contributed by atoms with Crippen LogP contribution in [0, 0.1) is 18.4 Å². The maximum Gasteiger partial charge on any atom is 0.416 e. The van der Waals surface area contributed by atoms with Crippen LogP contribution >= 0.6 is 0 Å². The largest absolute Gasteiger partial charge is 0.416 e. The van der Waals surface area contributed by atoms with Gasteiger partial charge in [0.25, 0.3) is 5.91 Å². The highest BCUT2D eigenvalue weighted by Crippen LogP contribution is 2.32. The molecule has 1 unspecified atom stereocenters. The Morgan fingerprint density at radius 3 is 2.42 bits per heavy atom. The molecule has 0 radical (unpaired) electrons. The van der Waals surface area contributed by atoms with Crippen LogP contribution in [-0.4, -0.2) is 25.9 Å². The fourth-order valence-electron chi connectivity index (χ4n) is 4.10. The van der Waals surface area contributed by atoms with Gasteiger partial charge >= 0.3 is 6.18 Å². The SMILES string of the molecule is Cc1c(-c2cccc(C(F)(F)F)c2)c(=O)c(C(=O)NCc2ccc(S(C)(=O)=NC#N)cc2)cn1-c1ccncc1. The summed E-state index contributed by atoms with van der Waals surface area (Å²) in [6, 6.07) is 13.9. The number of halogens is 3. The van der Waals surface area contributed by atoms with Gasteiger partial charge in [-0.25, -0.2) is 4.21 Å². The summed E-state index contributed by atoms with van der Waals surface area (Å²) in [6.07, 6.45) is 2.62. The first-order chi connectivity index (χ1) is 18.9. The van der Waals surface area contributed by atoms with Crippen molar-refractivity contribution in [1.82, 2.24) is 14.9 Å². The molecule has 1 atom stereocenters. The number of hydrogen-bond acceptors (Lipinski definition) is 6. The smallest absolute Gasteiger partial charge is 0.348 e. The van der Waals surface area contributed by atoms with Crippen molar-refractivity contribution in [2.24, 2.45) is 4.36 Å². The lowest BCUT2D eigenvalue weighted by Gasteiger charge is -2.18. The van der Waals surface area contributed by atoms with Crippen molar-refractivity contribution < 1.29 is 22.2 Å². The molecule has 0 spiro atoms. The first kappa shape index (κ1) is 28.3. The van der Waals surface area contributed by atoms with Gasteiger partial charge in [0.15, 0.2) is 0 Å². The molecule has 4 rings (SSSR count). The highest BCUT2D eigenvalue weighted by molar-refractivity contribution is 7.93. The molecule has 0 aliphatic rings. The van der Waals surface area contributed by atoms with Crippen LogP contribution in [0.25, 0.3) is 16.8 Å². The maximum atomic E-state index is 13.6. The minimum atomic E-state index is -4.62. The van der Waals surface area contributed by atoms with E-state index in [1.807, 2.05) is 0 Å². The summed E-state index contributed by atoms with van der Waals surface area (Å²) in [6.45, 7) is 1.59. The van der Waals surface area contributed by atoms with Gasteiger partial charge < -0.3 is 9.88 Å². The van der Waals surface area contributed by atoms with E-state index in [4.69, 9.17) is 5.26 Å². The lowest BCUT2D eigenvalue weighted by atomic mass is 9.98. The van der Waals surface area contributed by atoms with E-state index in [-0.39, 0.29) is 23.2 Å². The molecule has 0 saturated heterocycles. The predicted molar refractivity (Wildman–Crippen MR) is 143 cm³/mol. The number of amides is 1. The van der Waals surface area contributed by atoms with Gasteiger partial charge in [0, 0.05) is 53.2 Å². The van der Waals surface area contributed by atoms with E-state index in [9.17, 15) is 27.0 Å². The molecule has 0 saturated carbocycles. The van der Waals surface area contributed by atoms with Gasteiger partial charge in [-0.3, -0.25) is 14.6 Å². The number of nitrogens with zero attached hydrogens (tertiary/aromatic N) is 4. The standard InChI is InChI=1S/C28H22F3N5O3S/c1-18-25(20-4-3-5-21(14-20)28(29,30)31)26(37)24(16-36(18)22-10-12-33-13-11-22)27(38)34-15-19-6-8-23(9-7-19)40(2,39)35-17-32/h3-14,16H,15H2,1-2H3,(H,34,38). The molecular formula is C28H22F3N5O3S. The second-order valence-corrected chi connectivity index (χ2v) is 11.1. The molecule has 2 aromatic carbocycles. The molecule has 1 N–H and O–H groups in total. The van der Waals surface area contributed by atoms with E-state index in [0.717, 1.165) is 12.1 Å². The van der Waals surface area contributed by atoms with Crippen LogP contribution in [0.5, 0.6) is 0 Å². The minimum Gasteiger partial charge on any atom is -0.348 e. The zero-order chi connectivity index (χ0) is 29.1. The van der Waals surface area contributed by atoms with E-state index in [2.05, 4.69) is 14.7 Å². The van der Waals surface area contributed by atoms with Gasteiger partial charge in [0.2, 0.25) is 11.6 Å². The number of pyridine rings is 2. The highest BCUT2D eigenvalue weighted by Gasteiger charge is 2.31. The van der Waals surface area contributed by atoms with Gasteiger partial charge in [-0.15, -0.1) is 4.36 Å². The minimum absolute atomic E-state index is 0.000870. The van der Waals surface area contributed by atoms with E-state index < -0.39 is 32.8 Å². The molecule has 1 amide bonds. The van der Waals surface area contributed by atoms with Crippen LogP contribution in [0.15, 0.2) is 93.3 Å². The third kappa shape index (κ3) is 5.94. The van der Waals surface area contributed by atoms with Gasteiger partial charge in [0.05, 0.1) is 15.3 Å². The normalized spacial score (nSPS) is 12.7. The van der Waals surface area contributed by atoms with Crippen molar-refractivity contribution in [1.29, 1.82) is 5.26 Å². The molecule has 0 bridgehead atoms. The number of aromatic nitrogens is 2. The number of nitrogens with one attached hydrogen (secondary N) is 1. The summed E-state index contributed by atoms with van der Waals surface area (Å²) < 4.78 is 57.7. The molecule has 0 fully saturated rings. The Morgan fingerprint density at radius 2 is 1.80 bits per heavy atom. The monoisotopic (exact) mass is 565 g/mol. The third-order valence-corrected chi connectivity index (χ3v) is 7.72. The van der Waals surface area contributed by atoms with Crippen molar-refractivity contribution in [3.8, 4) is 23.0 Å². The second-order valence-electron chi connectivity index (χ2n) is 8.81. The zero-order valence-electron chi connectivity index (χ0n) is 21.3. The molecule has 0 aliphatic carbocycles. The van der Waals surface area contributed by atoms with Gasteiger partial charge in [-0.05, 0) is 54.4 Å². The fraction of sp³-hybridized carbons (Fsp3) is 0.143.